The summed E-state index contributed by atoms with van der Waals surface area (Å²) in [6.07, 6.45) is 12.5. The summed E-state index contributed by atoms with van der Waals surface area (Å²) in [5.74, 6) is 2.84. The van der Waals surface area contributed by atoms with Crippen molar-refractivity contribution in [2.45, 2.75) is 137 Å². The van der Waals surface area contributed by atoms with E-state index in [0.29, 0.717) is 34.2 Å². The summed E-state index contributed by atoms with van der Waals surface area (Å²) in [6.45, 7) is 16.4. The van der Waals surface area contributed by atoms with Crippen molar-refractivity contribution in [3.05, 3.63) is 0 Å². The van der Waals surface area contributed by atoms with Gasteiger partial charge in [0.1, 0.15) is 0 Å². The van der Waals surface area contributed by atoms with Gasteiger partial charge in [-0.25, -0.2) is 0 Å². The molecule has 5 aliphatic rings. The van der Waals surface area contributed by atoms with Crippen molar-refractivity contribution in [1.29, 1.82) is 0 Å². The molecule has 5 fully saturated rings. The lowest BCUT2D eigenvalue weighted by Gasteiger charge is -2.69. The summed E-state index contributed by atoms with van der Waals surface area (Å²) in [7, 11) is 0. The Morgan fingerprint density at radius 2 is 1.44 bits per heavy atom. The van der Waals surface area contributed by atoms with E-state index >= 15 is 0 Å². The molecule has 0 aromatic rings. The lowest BCUT2D eigenvalue weighted by atomic mass is 9.35. The first kappa shape index (κ1) is 23.6. The third-order valence-electron chi connectivity index (χ3n) is 12.7. The van der Waals surface area contributed by atoms with Crippen LogP contribution in [0, 0.1) is 45.3 Å². The number of hydrogen-bond donors (Lipinski definition) is 2. The third-order valence-corrected chi connectivity index (χ3v) is 12.7. The molecule has 1 saturated heterocycles. The number of fused-ring (bicyclic) bond motifs is 5. The fourth-order valence-corrected chi connectivity index (χ4v) is 10.7. The lowest BCUT2D eigenvalue weighted by molar-refractivity contribution is -0.223. The standard InChI is InChI=1S/C29H50O3/c1-25(2)21-13-17-29(7)22(27(21,5)15-14-23(25)30)10-8-19-18(12-16-28(19,29)6)20-9-11-24(32-20)26(3,4)31/h18-24,30-31H,8-17H2,1-7H3. The van der Waals surface area contributed by atoms with E-state index < -0.39 is 5.60 Å². The molecule has 3 nitrogen and oxygen atoms in total. The molecule has 2 N–H and O–H groups in total. The van der Waals surface area contributed by atoms with E-state index in [9.17, 15) is 10.2 Å². The molecule has 1 aliphatic heterocycles. The van der Waals surface area contributed by atoms with Crippen molar-refractivity contribution in [1.82, 2.24) is 0 Å². The van der Waals surface area contributed by atoms with Crippen LogP contribution in [0.25, 0.3) is 0 Å². The number of ether oxygens (including phenoxy) is 1. The predicted octanol–water partition coefficient (Wildman–Crippen LogP) is 6.35. The minimum atomic E-state index is -0.731. The van der Waals surface area contributed by atoms with Gasteiger partial charge in [0.25, 0.3) is 0 Å². The Morgan fingerprint density at radius 3 is 2.09 bits per heavy atom. The minimum Gasteiger partial charge on any atom is -0.393 e. The molecule has 32 heavy (non-hydrogen) atoms. The Balaban J connectivity index is 1.41. The second-order valence-electron chi connectivity index (χ2n) is 14.6. The molecular formula is C29H50O3. The maximum atomic E-state index is 10.9. The lowest BCUT2D eigenvalue weighted by Crippen LogP contribution is -2.64. The molecule has 0 spiro atoms. The predicted molar refractivity (Wildman–Crippen MR) is 129 cm³/mol. The van der Waals surface area contributed by atoms with Gasteiger partial charge in [0.05, 0.1) is 23.9 Å². The fourth-order valence-electron chi connectivity index (χ4n) is 10.7. The van der Waals surface area contributed by atoms with E-state index in [1.54, 1.807) is 0 Å². The van der Waals surface area contributed by atoms with Gasteiger partial charge in [0.15, 0.2) is 0 Å². The second kappa shape index (κ2) is 7.20. The zero-order valence-electron chi connectivity index (χ0n) is 21.9. The highest BCUT2D eigenvalue weighted by Gasteiger charge is 2.69. The smallest absolute Gasteiger partial charge is 0.0861 e. The van der Waals surface area contributed by atoms with Crippen LogP contribution in [0.2, 0.25) is 0 Å². The van der Waals surface area contributed by atoms with Crippen LogP contribution >= 0.6 is 0 Å². The summed E-state index contributed by atoms with van der Waals surface area (Å²) >= 11 is 0. The third kappa shape index (κ3) is 3.02. The van der Waals surface area contributed by atoms with Crippen LogP contribution in [0.5, 0.6) is 0 Å². The normalized spacial score (nSPS) is 55.2. The molecule has 184 valence electrons. The van der Waals surface area contributed by atoms with Gasteiger partial charge in [0.2, 0.25) is 0 Å². The van der Waals surface area contributed by atoms with E-state index in [1.807, 2.05) is 13.8 Å². The molecule has 1 heterocycles. The van der Waals surface area contributed by atoms with Gasteiger partial charge < -0.3 is 14.9 Å². The average molecular weight is 447 g/mol. The SMILES string of the molecule is CC(C)(O)C1CCC(C2CCC3(C)C2CCC2C4(C)CCC(O)C(C)(C)C4CCC23C)O1. The molecule has 0 radical (unpaired) electrons. The quantitative estimate of drug-likeness (QED) is 0.519. The maximum absolute atomic E-state index is 10.9. The van der Waals surface area contributed by atoms with Gasteiger partial charge >= 0.3 is 0 Å². The molecule has 5 rings (SSSR count). The summed E-state index contributed by atoms with van der Waals surface area (Å²) in [5.41, 5.74) is 0.449. The molecule has 0 aromatic carbocycles. The van der Waals surface area contributed by atoms with Gasteiger partial charge in [0, 0.05) is 0 Å². The number of aliphatic hydroxyl groups excluding tert-OH is 1. The van der Waals surface area contributed by atoms with Gasteiger partial charge in [-0.2, -0.15) is 0 Å². The first-order chi connectivity index (χ1) is 14.7. The first-order valence-electron chi connectivity index (χ1n) is 13.8. The van der Waals surface area contributed by atoms with E-state index in [4.69, 9.17) is 4.74 Å². The highest BCUT2D eigenvalue weighted by Crippen LogP contribution is 2.75. The average Bonchev–Trinajstić information content (AvgIpc) is 3.30. The van der Waals surface area contributed by atoms with E-state index in [0.717, 1.165) is 31.1 Å². The number of hydrogen-bond acceptors (Lipinski definition) is 3. The Bertz CT molecular complexity index is 739. The summed E-state index contributed by atoms with van der Waals surface area (Å²) in [5, 5.41) is 21.4. The molecule has 10 atom stereocenters. The Labute approximate surface area is 197 Å². The molecule has 3 heteroatoms. The van der Waals surface area contributed by atoms with Crippen LogP contribution in [0.3, 0.4) is 0 Å². The summed E-state index contributed by atoms with van der Waals surface area (Å²) < 4.78 is 6.54. The van der Waals surface area contributed by atoms with Gasteiger partial charge in [-0.1, -0.05) is 34.6 Å². The molecule has 0 aromatic heterocycles. The van der Waals surface area contributed by atoms with Gasteiger partial charge in [-0.3, -0.25) is 0 Å². The fraction of sp³-hybridized carbons (Fsp3) is 1.00. The van der Waals surface area contributed by atoms with Crippen molar-refractivity contribution in [3.63, 3.8) is 0 Å². The molecular weight excluding hydrogens is 396 g/mol. The Morgan fingerprint density at radius 1 is 0.750 bits per heavy atom. The van der Waals surface area contributed by atoms with Crippen LogP contribution in [0.15, 0.2) is 0 Å². The Hall–Kier alpha value is -0.120. The van der Waals surface area contributed by atoms with E-state index in [-0.39, 0.29) is 17.6 Å². The largest absolute Gasteiger partial charge is 0.393 e. The summed E-state index contributed by atoms with van der Waals surface area (Å²) in [4.78, 5) is 0. The van der Waals surface area contributed by atoms with Gasteiger partial charge in [-0.05, 0) is 123 Å². The zero-order valence-corrected chi connectivity index (χ0v) is 21.9. The van der Waals surface area contributed by atoms with Crippen molar-refractivity contribution in [2.24, 2.45) is 45.3 Å². The second-order valence-corrected chi connectivity index (χ2v) is 14.6. The van der Waals surface area contributed by atoms with Crippen molar-refractivity contribution in [3.8, 4) is 0 Å². The van der Waals surface area contributed by atoms with E-state index in [1.165, 1.54) is 44.9 Å². The van der Waals surface area contributed by atoms with Crippen molar-refractivity contribution >= 4 is 0 Å². The topological polar surface area (TPSA) is 49.7 Å². The molecule has 0 amide bonds. The minimum absolute atomic E-state index is 0.00321. The molecule has 0 bridgehead atoms. The first-order valence-corrected chi connectivity index (χ1v) is 13.8. The van der Waals surface area contributed by atoms with Crippen molar-refractivity contribution in [2.75, 3.05) is 0 Å². The van der Waals surface area contributed by atoms with Crippen molar-refractivity contribution < 1.29 is 14.9 Å². The number of aliphatic hydroxyl groups is 2. The van der Waals surface area contributed by atoms with Crippen LogP contribution in [0.4, 0.5) is 0 Å². The van der Waals surface area contributed by atoms with Gasteiger partial charge in [-0.15, -0.1) is 0 Å². The Kier molecular flexibility index (Phi) is 5.31. The molecule has 10 unspecified atom stereocenters. The molecule has 4 aliphatic carbocycles. The van der Waals surface area contributed by atoms with Crippen LogP contribution in [-0.2, 0) is 4.74 Å². The molecule has 4 saturated carbocycles. The van der Waals surface area contributed by atoms with Crippen LogP contribution in [-0.4, -0.2) is 34.1 Å². The highest BCUT2D eigenvalue weighted by atomic mass is 16.5. The monoisotopic (exact) mass is 446 g/mol. The summed E-state index contributed by atoms with van der Waals surface area (Å²) in [6, 6.07) is 0. The maximum Gasteiger partial charge on any atom is 0.0861 e. The zero-order chi connectivity index (χ0) is 23.3. The number of rotatable bonds is 2. The van der Waals surface area contributed by atoms with Crippen LogP contribution in [0.1, 0.15) is 113 Å². The van der Waals surface area contributed by atoms with Crippen LogP contribution < -0.4 is 0 Å². The highest BCUT2D eigenvalue weighted by molar-refractivity contribution is 5.17. The van der Waals surface area contributed by atoms with E-state index in [2.05, 4.69) is 34.6 Å².